The maximum atomic E-state index is 5.76. The highest BCUT2D eigenvalue weighted by molar-refractivity contribution is 5.99. The lowest BCUT2D eigenvalue weighted by molar-refractivity contribution is 0.537. The molecule has 0 spiro atoms. The molecule has 0 aliphatic heterocycles. The van der Waals surface area contributed by atoms with Crippen molar-refractivity contribution in [1.82, 2.24) is 5.01 Å². The molecular formula is C16H24N4. The van der Waals surface area contributed by atoms with Crippen LogP contribution in [0.15, 0.2) is 53.2 Å². The number of hydrazine groups is 1. The molecule has 0 aliphatic carbocycles. The molecule has 0 radical (unpaired) electrons. The molecule has 1 aromatic rings. The molecule has 0 aromatic heterocycles. The molecule has 4 nitrogen and oxygen atoms in total. The minimum absolute atomic E-state index is 0.579. The molecule has 0 atom stereocenters. The van der Waals surface area contributed by atoms with Crippen LogP contribution in [0.25, 0.3) is 0 Å². The highest BCUT2D eigenvalue weighted by Crippen LogP contribution is 2.12. The fraction of sp³-hybridized carbons (Fsp3) is 0.312. The summed E-state index contributed by atoms with van der Waals surface area (Å²) in [5.41, 5.74) is 3.38. The third-order valence-corrected chi connectivity index (χ3v) is 2.96. The average molecular weight is 272 g/mol. The van der Waals surface area contributed by atoms with Crippen molar-refractivity contribution >= 4 is 5.84 Å². The van der Waals surface area contributed by atoms with Gasteiger partial charge in [0.25, 0.3) is 0 Å². The lowest BCUT2D eigenvalue weighted by atomic mass is 10.0. The number of amidine groups is 1. The molecule has 0 amide bonds. The van der Waals surface area contributed by atoms with Gasteiger partial charge >= 0.3 is 0 Å². The van der Waals surface area contributed by atoms with E-state index in [2.05, 4.69) is 43.2 Å². The molecule has 1 aromatic carbocycles. The SMILES string of the molecule is CC/C=C(C)\C=C/Cc1ccccc1/C(=N/N)N(C)N. The summed E-state index contributed by atoms with van der Waals surface area (Å²) in [4.78, 5) is 0. The van der Waals surface area contributed by atoms with Crippen LogP contribution in [0.2, 0.25) is 0 Å². The zero-order valence-corrected chi connectivity index (χ0v) is 12.5. The topological polar surface area (TPSA) is 67.6 Å². The van der Waals surface area contributed by atoms with Crippen molar-refractivity contribution < 1.29 is 0 Å². The van der Waals surface area contributed by atoms with E-state index in [1.807, 2.05) is 18.2 Å². The third-order valence-electron chi connectivity index (χ3n) is 2.96. The van der Waals surface area contributed by atoms with E-state index < -0.39 is 0 Å². The van der Waals surface area contributed by atoms with E-state index in [0.717, 1.165) is 24.0 Å². The van der Waals surface area contributed by atoms with Gasteiger partial charge in [0.05, 0.1) is 0 Å². The van der Waals surface area contributed by atoms with Gasteiger partial charge in [0.15, 0.2) is 5.84 Å². The molecule has 0 unspecified atom stereocenters. The van der Waals surface area contributed by atoms with E-state index in [1.165, 1.54) is 10.6 Å². The molecule has 0 saturated heterocycles. The van der Waals surface area contributed by atoms with E-state index in [-0.39, 0.29) is 0 Å². The summed E-state index contributed by atoms with van der Waals surface area (Å²) in [6.45, 7) is 4.24. The maximum Gasteiger partial charge on any atom is 0.169 e. The largest absolute Gasteiger partial charge is 0.321 e. The smallest absolute Gasteiger partial charge is 0.169 e. The van der Waals surface area contributed by atoms with Crippen molar-refractivity contribution in [3.8, 4) is 0 Å². The fourth-order valence-electron chi connectivity index (χ4n) is 2.03. The Labute approximate surface area is 121 Å². The molecule has 4 heteroatoms. The Hall–Kier alpha value is -2.07. The summed E-state index contributed by atoms with van der Waals surface area (Å²) in [7, 11) is 1.73. The number of nitrogens with two attached hydrogens (primary N) is 2. The quantitative estimate of drug-likeness (QED) is 0.284. The van der Waals surface area contributed by atoms with Crippen LogP contribution in [0.5, 0.6) is 0 Å². The van der Waals surface area contributed by atoms with Gasteiger partial charge in [0.2, 0.25) is 0 Å². The Morgan fingerprint density at radius 1 is 1.35 bits per heavy atom. The minimum Gasteiger partial charge on any atom is -0.321 e. The summed E-state index contributed by atoms with van der Waals surface area (Å²) < 4.78 is 0. The third kappa shape index (κ3) is 4.55. The van der Waals surface area contributed by atoms with Gasteiger partial charge in [-0.2, -0.15) is 5.10 Å². The van der Waals surface area contributed by atoms with E-state index in [0.29, 0.717) is 5.84 Å². The van der Waals surface area contributed by atoms with E-state index >= 15 is 0 Å². The van der Waals surface area contributed by atoms with Gasteiger partial charge in [0, 0.05) is 12.6 Å². The first-order valence-corrected chi connectivity index (χ1v) is 6.78. The van der Waals surface area contributed by atoms with Gasteiger partial charge in [-0.1, -0.05) is 55.0 Å². The standard InChI is InChI=1S/C16H24N4/c1-4-8-13(2)9-7-11-14-10-5-6-12-15(14)16(19-17)20(3)18/h5-10,12H,4,11,17-18H2,1-3H3/b9-7-,13-8-,19-16-. The molecular weight excluding hydrogens is 248 g/mol. The predicted molar refractivity (Wildman–Crippen MR) is 86.0 cm³/mol. The Morgan fingerprint density at radius 2 is 2.05 bits per heavy atom. The molecule has 0 saturated carbocycles. The number of hydrogen-bond acceptors (Lipinski definition) is 3. The number of nitrogens with zero attached hydrogens (tertiary/aromatic N) is 2. The van der Waals surface area contributed by atoms with Crippen LogP contribution in [0.3, 0.4) is 0 Å². The normalized spacial score (nSPS) is 13.0. The molecule has 0 bridgehead atoms. The van der Waals surface area contributed by atoms with Gasteiger partial charge < -0.3 is 5.84 Å². The summed E-state index contributed by atoms with van der Waals surface area (Å²) in [5, 5.41) is 5.21. The van der Waals surface area contributed by atoms with Gasteiger partial charge in [-0.25, -0.2) is 5.84 Å². The maximum absolute atomic E-state index is 5.76. The highest BCUT2D eigenvalue weighted by Gasteiger charge is 2.10. The lowest BCUT2D eigenvalue weighted by Gasteiger charge is -2.16. The van der Waals surface area contributed by atoms with E-state index in [4.69, 9.17) is 11.7 Å². The van der Waals surface area contributed by atoms with Crippen LogP contribution in [0.1, 0.15) is 31.4 Å². The second-order valence-corrected chi connectivity index (χ2v) is 4.68. The second kappa shape index (κ2) is 8.17. The molecule has 4 N–H and O–H groups in total. The van der Waals surface area contributed by atoms with Crippen molar-refractivity contribution in [2.24, 2.45) is 16.8 Å². The first-order chi connectivity index (χ1) is 9.60. The number of benzene rings is 1. The Bertz CT molecular complexity index is 513. The number of hydrogen-bond donors (Lipinski definition) is 2. The van der Waals surface area contributed by atoms with Crippen LogP contribution in [-0.4, -0.2) is 17.9 Å². The summed E-state index contributed by atoms with van der Waals surface area (Å²) >= 11 is 0. The highest BCUT2D eigenvalue weighted by atomic mass is 15.4. The first-order valence-electron chi connectivity index (χ1n) is 6.78. The van der Waals surface area contributed by atoms with Gasteiger partial charge in [-0.15, -0.1) is 0 Å². The van der Waals surface area contributed by atoms with Gasteiger partial charge in [-0.05, 0) is 25.3 Å². The number of hydrazone groups is 1. The van der Waals surface area contributed by atoms with Crippen molar-refractivity contribution in [3.63, 3.8) is 0 Å². The first kappa shape index (κ1) is 16.0. The summed E-state index contributed by atoms with van der Waals surface area (Å²) in [5.74, 6) is 11.8. The predicted octanol–water partition coefficient (Wildman–Crippen LogP) is 2.57. The van der Waals surface area contributed by atoms with Crippen LogP contribution < -0.4 is 11.7 Å². The van der Waals surface area contributed by atoms with Crippen LogP contribution >= 0.6 is 0 Å². The fourth-order valence-corrected chi connectivity index (χ4v) is 2.03. The van der Waals surface area contributed by atoms with Gasteiger partial charge in [-0.3, -0.25) is 5.01 Å². The molecule has 0 fully saturated rings. The minimum atomic E-state index is 0.579. The Kier molecular flexibility index (Phi) is 6.53. The van der Waals surface area contributed by atoms with Crippen molar-refractivity contribution in [2.75, 3.05) is 7.05 Å². The van der Waals surface area contributed by atoms with Crippen LogP contribution in [0, 0.1) is 0 Å². The van der Waals surface area contributed by atoms with E-state index in [1.54, 1.807) is 7.05 Å². The molecule has 1 rings (SSSR count). The number of allylic oxidation sites excluding steroid dienone is 4. The molecule has 20 heavy (non-hydrogen) atoms. The van der Waals surface area contributed by atoms with E-state index in [9.17, 15) is 0 Å². The lowest BCUT2D eigenvalue weighted by Crippen LogP contribution is -2.35. The molecule has 0 aliphatic rings. The molecule has 108 valence electrons. The van der Waals surface area contributed by atoms with Crippen molar-refractivity contribution in [3.05, 3.63) is 59.2 Å². The Morgan fingerprint density at radius 3 is 2.65 bits per heavy atom. The van der Waals surface area contributed by atoms with Crippen LogP contribution in [-0.2, 0) is 6.42 Å². The van der Waals surface area contributed by atoms with Gasteiger partial charge in [0.1, 0.15) is 0 Å². The molecule has 0 heterocycles. The van der Waals surface area contributed by atoms with Crippen molar-refractivity contribution in [2.45, 2.75) is 26.7 Å². The zero-order valence-electron chi connectivity index (χ0n) is 12.5. The monoisotopic (exact) mass is 272 g/mol. The summed E-state index contributed by atoms with van der Waals surface area (Å²) in [6.07, 6.45) is 8.34. The average Bonchev–Trinajstić information content (AvgIpc) is 2.41. The summed E-state index contributed by atoms with van der Waals surface area (Å²) in [6, 6.07) is 8.01. The second-order valence-electron chi connectivity index (χ2n) is 4.68. The zero-order chi connectivity index (χ0) is 15.0. The van der Waals surface area contributed by atoms with Crippen LogP contribution in [0.4, 0.5) is 0 Å². The Balaban J connectivity index is 2.95. The van der Waals surface area contributed by atoms with Crippen molar-refractivity contribution in [1.29, 1.82) is 0 Å². The number of rotatable bonds is 5.